The standard InChI is InChI=1S/C21H22Cl2N4OS2/c1-3-27-20(14-10-29-17-9-12(2)7-8-13(14)17)25-26-21(27)30-11-18(28)24-19-15(22)5-4-6-16(19)23/h4-6,10,12H,3,7-9,11H2,1-2H3,(H,24,28). The first kappa shape index (κ1) is 21.7. The minimum atomic E-state index is -0.191. The number of amides is 1. The molecule has 158 valence electrons. The molecule has 1 aliphatic rings. The van der Waals surface area contributed by atoms with Gasteiger partial charge < -0.3 is 9.88 Å². The van der Waals surface area contributed by atoms with E-state index in [1.807, 2.05) is 11.3 Å². The largest absolute Gasteiger partial charge is 0.323 e. The quantitative estimate of drug-likeness (QED) is 0.427. The molecule has 2 aromatic heterocycles. The highest BCUT2D eigenvalue weighted by Crippen LogP contribution is 2.38. The van der Waals surface area contributed by atoms with Crippen LogP contribution < -0.4 is 5.32 Å². The second kappa shape index (κ2) is 9.30. The minimum absolute atomic E-state index is 0.191. The van der Waals surface area contributed by atoms with Crippen molar-refractivity contribution < 1.29 is 4.79 Å². The number of hydrogen-bond acceptors (Lipinski definition) is 5. The number of thiophene rings is 1. The number of rotatable bonds is 6. The fourth-order valence-electron chi connectivity index (χ4n) is 3.67. The summed E-state index contributed by atoms with van der Waals surface area (Å²) in [4.78, 5) is 13.9. The zero-order chi connectivity index (χ0) is 21.3. The molecule has 0 saturated heterocycles. The van der Waals surface area contributed by atoms with Crippen molar-refractivity contribution in [2.45, 2.75) is 44.8 Å². The van der Waals surface area contributed by atoms with E-state index in [0.717, 1.165) is 36.3 Å². The molecule has 0 bridgehead atoms. The molecule has 0 radical (unpaired) electrons. The Balaban J connectivity index is 1.49. The SMILES string of the molecule is CCn1c(SCC(=O)Nc2c(Cl)cccc2Cl)nnc1-c1csc2c1CCC(C)C2. The lowest BCUT2D eigenvalue weighted by molar-refractivity contribution is -0.113. The first-order valence-electron chi connectivity index (χ1n) is 9.87. The summed E-state index contributed by atoms with van der Waals surface area (Å²) in [6.45, 7) is 5.12. The number of anilines is 1. The summed E-state index contributed by atoms with van der Waals surface area (Å²) in [5.74, 6) is 1.63. The van der Waals surface area contributed by atoms with Crippen LogP contribution in [0.1, 0.15) is 30.7 Å². The first-order chi connectivity index (χ1) is 14.5. The second-order valence-electron chi connectivity index (χ2n) is 7.38. The number of thioether (sulfide) groups is 1. The molecular weight excluding hydrogens is 459 g/mol. The van der Waals surface area contributed by atoms with Gasteiger partial charge in [0.1, 0.15) is 0 Å². The molecule has 0 aliphatic heterocycles. The van der Waals surface area contributed by atoms with Gasteiger partial charge in [-0.15, -0.1) is 21.5 Å². The van der Waals surface area contributed by atoms with Crippen LogP contribution in [-0.2, 0) is 24.2 Å². The highest BCUT2D eigenvalue weighted by molar-refractivity contribution is 7.99. The number of nitrogens with one attached hydrogen (secondary N) is 1. The number of para-hydroxylation sites is 1. The van der Waals surface area contributed by atoms with Crippen molar-refractivity contribution in [1.29, 1.82) is 0 Å². The van der Waals surface area contributed by atoms with Crippen LogP contribution in [-0.4, -0.2) is 26.4 Å². The molecule has 1 aromatic carbocycles. The number of fused-ring (bicyclic) bond motifs is 1. The Morgan fingerprint density at radius 1 is 1.33 bits per heavy atom. The van der Waals surface area contributed by atoms with Gasteiger partial charge in [0, 0.05) is 22.4 Å². The van der Waals surface area contributed by atoms with E-state index in [1.165, 1.54) is 34.2 Å². The van der Waals surface area contributed by atoms with E-state index >= 15 is 0 Å². The van der Waals surface area contributed by atoms with Gasteiger partial charge in [-0.1, -0.05) is 48.0 Å². The van der Waals surface area contributed by atoms with Gasteiger partial charge in [-0.25, -0.2) is 0 Å². The lowest BCUT2D eigenvalue weighted by atomic mass is 9.88. The molecule has 0 spiro atoms. The minimum Gasteiger partial charge on any atom is -0.323 e. The third-order valence-electron chi connectivity index (χ3n) is 5.24. The zero-order valence-electron chi connectivity index (χ0n) is 16.7. The van der Waals surface area contributed by atoms with Crippen molar-refractivity contribution in [3.63, 3.8) is 0 Å². The average molecular weight is 481 g/mol. The number of carbonyl (C=O) groups excluding carboxylic acids is 1. The van der Waals surface area contributed by atoms with E-state index in [2.05, 4.69) is 39.3 Å². The van der Waals surface area contributed by atoms with Crippen LogP contribution in [0.4, 0.5) is 5.69 Å². The summed E-state index contributed by atoms with van der Waals surface area (Å²) in [6, 6.07) is 5.13. The monoisotopic (exact) mass is 480 g/mol. The van der Waals surface area contributed by atoms with Crippen molar-refractivity contribution in [3.05, 3.63) is 44.1 Å². The van der Waals surface area contributed by atoms with Gasteiger partial charge >= 0.3 is 0 Å². The van der Waals surface area contributed by atoms with E-state index < -0.39 is 0 Å². The lowest BCUT2D eigenvalue weighted by Gasteiger charge is -2.19. The normalized spacial score (nSPS) is 15.8. The van der Waals surface area contributed by atoms with Crippen molar-refractivity contribution >= 4 is 57.9 Å². The molecule has 5 nitrogen and oxygen atoms in total. The summed E-state index contributed by atoms with van der Waals surface area (Å²) in [7, 11) is 0. The molecule has 1 amide bonds. The summed E-state index contributed by atoms with van der Waals surface area (Å²) in [5.41, 5.74) is 3.04. The molecule has 1 atom stereocenters. The fraction of sp³-hybridized carbons (Fsp3) is 0.381. The predicted molar refractivity (Wildman–Crippen MR) is 126 cm³/mol. The molecule has 1 aliphatic carbocycles. The Hall–Kier alpha value is -1.54. The maximum absolute atomic E-state index is 12.4. The average Bonchev–Trinajstić information content (AvgIpc) is 3.32. The summed E-state index contributed by atoms with van der Waals surface area (Å²) < 4.78 is 2.08. The molecule has 3 aromatic rings. The number of halogens is 2. The van der Waals surface area contributed by atoms with Crippen molar-refractivity contribution in [2.75, 3.05) is 11.1 Å². The fourth-order valence-corrected chi connectivity index (χ4v) is 6.20. The molecule has 1 N–H and O–H groups in total. The van der Waals surface area contributed by atoms with Crippen molar-refractivity contribution in [3.8, 4) is 11.4 Å². The van der Waals surface area contributed by atoms with Gasteiger partial charge in [-0.3, -0.25) is 4.79 Å². The third kappa shape index (κ3) is 4.40. The summed E-state index contributed by atoms with van der Waals surface area (Å²) in [5, 5.41) is 15.4. The Morgan fingerprint density at radius 3 is 2.83 bits per heavy atom. The van der Waals surface area contributed by atoms with Crippen LogP contribution in [0.2, 0.25) is 10.0 Å². The molecule has 1 unspecified atom stereocenters. The topological polar surface area (TPSA) is 59.8 Å². The van der Waals surface area contributed by atoms with E-state index in [4.69, 9.17) is 23.2 Å². The molecule has 0 saturated carbocycles. The Labute approximate surface area is 194 Å². The van der Waals surface area contributed by atoms with E-state index in [-0.39, 0.29) is 11.7 Å². The molecular formula is C21H22Cl2N4OS2. The van der Waals surface area contributed by atoms with Crippen LogP contribution in [0, 0.1) is 5.92 Å². The van der Waals surface area contributed by atoms with Crippen LogP contribution >= 0.6 is 46.3 Å². The lowest BCUT2D eigenvalue weighted by Crippen LogP contribution is -2.15. The number of aromatic nitrogens is 3. The third-order valence-corrected chi connectivity index (χ3v) is 7.88. The van der Waals surface area contributed by atoms with E-state index in [1.54, 1.807) is 18.2 Å². The second-order valence-corrected chi connectivity index (χ2v) is 10.1. The molecule has 9 heteroatoms. The van der Waals surface area contributed by atoms with E-state index in [9.17, 15) is 4.79 Å². The van der Waals surface area contributed by atoms with Gasteiger partial charge in [0.05, 0.1) is 21.5 Å². The number of hydrogen-bond donors (Lipinski definition) is 1. The molecule has 4 rings (SSSR count). The number of carbonyl (C=O) groups is 1. The maximum atomic E-state index is 12.4. The highest BCUT2D eigenvalue weighted by Gasteiger charge is 2.24. The van der Waals surface area contributed by atoms with Gasteiger partial charge in [0.2, 0.25) is 5.91 Å². The molecule has 2 heterocycles. The first-order valence-corrected chi connectivity index (χ1v) is 12.5. The smallest absolute Gasteiger partial charge is 0.234 e. The predicted octanol–water partition coefficient (Wildman–Crippen LogP) is 6.19. The Bertz CT molecular complexity index is 1060. The highest BCUT2D eigenvalue weighted by atomic mass is 35.5. The molecule has 30 heavy (non-hydrogen) atoms. The van der Waals surface area contributed by atoms with E-state index in [0.29, 0.717) is 15.7 Å². The summed E-state index contributed by atoms with van der Waals surface area (Å²) in [6.07, 6.45) is 3.45. The van der Waals surface area contributed by atoms with Gasteiger partial charge in [0.25, 0.3) is 0 Å². The van der Waals surface area contributed by atoms with Crippen LogP contribution in [0.5, 0.6) is 0 Å². The zero-order valence-corrected chi connectivity index (χ0v) is 19.9. The van der Waals surface area contributed by atoms with Gasteiger partial charge in [-0.05, 0) is 49.8 Å². The van der Waals surface area contributed by atoms with Gasteiger partial charge in [-0.2, -0.15) is 0 Å². The van der Waals surface area contributed by atoms with Gasteiger partial charge in [0.15, 0.2) is 11.0 Å². The Morgan fingerprint density at radius 2 is 2.10 bits per heavy atom. The van der Waals surface area contributed by atoms with Crippen molar-refractivity contribution in [2.24, 2.45) is 5.92 Å². The molecule has 0 fully saturated rings. The summed E-state index contributed by atoms with van der Waals surface area (Å²) >= 11 is 15.5. The van der Waals surface area contributed by atoms with Crippen molar-refractivity contribution in [1.82, 2.24) is 14.8 Å². The van der Waals surface area contributed by atoms with Crippen LogP contribution in [0.3, 0.4) is 0 Å². The number of benzene rings is 1. The van der Waals surface area contributed by atoms with Crippen LogP contribution in [0.25, 0.3) is 11.4 Å². The maximum Gasteiger partial charge on any atom is 0.234 e. The Kier molecular flexibility index (Phi) is 6.72. The number of nitrogens with zero attached hydrogens (tertiary/aromatic N) is 3. The van der Waals surface area contributed by atoms with Crippen LogP contribution in [0.15, 0.2) is 28.7 Å².